The third-order valence-corrected chi connectivity index (χ3v) is 9.96. The lowest BCUT2D eigenvalue weighted by Gasteiger charge is -2.59. The van der Waals surface area contributed by atoms with Gasteiger partial charge in [-0.05, 0) is 97.4 Å². The Kier molecular flexibility index (Phi) is 6.29. The van der Waals surface area contributed by atoms with Crippen LogP contribution in [0.2, 0.25) is 0 Å². The van der Waals surface area contributed by atoms with Crippen molar-refractivity contribution in [1.82, 2.24) is 0 Å². The van der Waals surface area contributed by atoms with Crippen molar-refractivity contribution in [3.05, 3.63) is 23.8 Å². The second kappa shape index (κ2) is 8.37. The molecule has 0 heterocycles. The molecular formula is C27H44O3. The summed E-state index contributed by atoms with van der Waals surface area (Å²) in [7, 11) is 0. The predicted molar refractivity (Wildman–Crippen MR) is 122 cm³/mol. The van der Waals surface area contributed by atoms with Crippen molar-refractivity contribution in [3.8, 4) is 0 Å². The van der Waals surface area contributed by atoms with Gasteiger partial charge in [0.15, 0.2) is 0 Å². The van der Waals surface area contributed by atoms with Crippen LogP contribution >= 0.6 is 0 Å². The van der Waals surface area contributed by atoms with Gasteiger partial charge in [0.2, 0.25) is 0 Å². The summed E-state index contributed by atoms with van der Waals surface area (Å²) in [4.78, 5) is 0. The first-order valence-electron chi connectivity index (χ1n) is 12.6. The van der Waals surface area contributed by atoms with Crippen LogP contribution in [-0.2, 0) is 0 Å². The minimum absolute atomic E-state index is 0.0501. The topological polar surface area (TPSA) is 60.7 Å². The molecule has 0 spiro atoms. The minimum atomic E-state index is -0.667. The van der Waals surface area contributed by atoms with Gasteiger partial charge in [-0.15, -0.1) is 0 Å². The molecular weight excluding hydrogens is 372 g/mol. The van der Waals surface area contributed by atoms with Gasteiger partial charge < -0.3 is 15.3 Å². The summed E-state index contributed by atoms with van der Waals surface area (Å²) < 4.78 is 0. The number of rotatable bonds is 5. The molecule has 0 saturated heterocycles. The second-order valence-corrected chi connectivity index (χ2v) is 11.9. The molecule has 3 nitrogen and oxygen atoms in total. The molecule has 0 aliphatic heterocycles. The number of allylic oxidation sites excluding steroid dienone is 2. The van der Waals surface area contributed by atoms with E-state index in [0.29, 0.717) is 35.0 Å². The number of hydrogen-bond donors (Lipinski definition) is 3. The zero-order chi connectivity index (χ0) is 21.7. The van der Waals surface area contributed by atoms with E-state index in [1.807, 2.05) is 0 Å². The summed E-state index contributed by atoms with van der Waals surface area (Å²) in [6.07, 6.45) is 14.5. The van der Waals surface area contributed by atoms with Crippen molar-refractivity contribution in [2.75, 3.05) is 6.61 Å². The van der Waals surface area contributed by atoms with Gasteiger partial charge in [-0.25, -0.2) is 0 Å². The number of fused-ring (bicyclic) bond motifs is 5. The Morgan fingerprint density at radius 1 is 1.07 bits per heavy atom. The molecule has 3 saturated carbocycles. The summed E-state index contributed by atoms with van der Waals surface area (Å²) >= 11 is 0. The maximum absolute atomic E-state index is 10.7. The summed E-state index contributed by atoms with van der Waals surface area (Å²) in [5.74, 6) is 3.55. The molecule has 0 radical (unpaired) electrons. The quantitative estimate of drug-likeness (QED) is 0.546. The molecule has 30 heavy (non-hydrogen) atoms. The largest absolute Gasteiger partial charge is 0.396 e. The molecule has 3 N–H and O–H groups in total. The summed E-state index contributed by atoms with van der Waals surface area (Å²) in [6.45, 7) is 9.65. The Bertz CT molecular complexity index is 682. The van der Waals surface area contributed by atoms with Gasteiger partial charge in [0.05, 0.1) is 6.10 Å². The van der Waals surface area contributed by atoms with Crippen LogP contribution in [0.5, 0.6) is 0 Å². The van der Waals surface area contributed by atoms with Crippen molar-refractivity contribution in [2.45, 2.75) is 91.3 Å². The van der Waals surface area contributed by atoms with Crippen molar-refractivity contribution in [3.63, 3.8) is 0 Å². The number of hydrogen-bond acceptors (Lipinski definition) is 3. The fraction of sp³-hybridized carbons (Fsp3) is 0.852. The molecule has 0 amide bonds. The molecule has 4 aliphatic carbocycles. The van der Waals surface area contributed by atoms with Crippen LogP contribution in [-0.4, -0.2) is 34.1 Å². The standard InChI is InChI=1S/C27H44O3/c1-17(2)6-5-7-18(16-28)20-10-11-21-19-8-9-23-25(30)24(29)13-15-27(23,4)22(19)12-14-26(20,21)3/h5,7,9,17-22,24-25,28-30H,6,8,10-16H2,1-4H3/t18-,19-,20+,21-,22-,24?,25?,26+,27+/m0/s1. The van der Waals surface area contributed by atoms with E-state index in [2.05, 4.69) is 45.9 Å². The molecule has 0 aromatic heterocycles. The molecule has 4 aliphatic rings. The van der Waals surface area contributed by atoms with Gasteiger partial charge >= 0.3 is 0 Å². The van der Waals surface area contributed by atoms with E-state index in [4.69, 9.17) is 0 Å². The van der Waals surface area contributed by atoms with Gasteiger partial charge in [0.1, 0.15) is 6.10 Å². The van der Waals surface area contributed by atoms with Crippen LogP contribution in [0.15, 0.2) is 23.8 Å². The minimum Gasteiger partial charge on any atom is -0.396 e. The SMILES string of the molecule is CC(C)CC=C[C@@H](CO)[C@H]1CC[C@H]2[C@@H]3CC=C4C(O)C(O)CC[C@]4(C)[C@H]3CC[C@]12C. The molecule has 3 heteroatoms. The monoisotopic (exact) mass is 416 g/mol. The van der Waals surface area contributed by atoms with E-state index in [0.717, 1.165) is 31.3 Å². The molecule has 2 unspecified atom stereocenters. The van der Waals surface area contributed by atoms with Crippen molar-refractivity contribution >= 4 is 0 Å². The Morgan fingerprint density at radius 2 is 1.83 bits per heavy atom. The van der Waals surface area contributed by atoms with Crippen molar-refractivity contribution in [2.24, 2.45) is 46.3 Å². The van der Waals surface area contributed by atoms with E-state index in [9.17, 15) is 15.3 Å². The first-order valence-corrected chi connectivity index (χ1v) is 12.6. The van der Waals surface area contributed by atoms with E-state index in [1.54, 1.807) is 0 Å². The van der Waals surface area contributed by atoms with Gasteiger partial charge in [-0.2, -0.15) is 0 Å². The normalized spacial score (nSPS) is 47.0. The number of aliphatic hydroxyl groups is 3. The average Bonchev–Trinajstić information content (AvgIpc) is 3.05. The highest BCUT2D eigenvalue weighted by atomic mass is 16.3. The van der Waals surface area contributed by atoms with Gasteiger partial charge in [0.25, 0.3) is 0 Å². The molecule has 3 fully saturated rings. The zero-order valence-electron chi connectivity index (χ0n) is 19.6. The van der Waals surface area contributed by atoms with E-state index < -0.39 is 12.2 Å². The third-order valence-electron chi connectivity index (χ3n) is 9.96. The molecule has 0 bridgehead atoms. The molecule has 4 rings (SSSR count). The number of aliphatic hydroxyl groups excluding tert-OH is 3. The molecule has 170 valence electrons. The Balaban J connectivity index is 1.56. The van der Waals surface area contributed by atoms with Crippen LogP contribution < -0.4 is 0 Å². The lowest BCUT2D eigenvalue weighted by Crippen LogP contribution is -2.54. The van der Waals surface area contributed by atoms with Crippen LogP contribution in [0, 0.1) is 46.3 Å². The Morgan fingerprint density at radius 3 is 2.53 bits per heavy atom. The fourth-order valence-electron chi connectivity index (χ4n) is 8.31. The van der Waals surface area contributed by atoms with Crippen LogP contribution in [0.4, 0.5) is 0 Å². The summed E-state index contributed by atoms with van der Waals surface area (Å²) in [6, 6.07) is 0. The highest BCUT2D eigenvalue weighted by Gasteiger charge is 2.60. The lowest BCUT2D eigenvalue weighted by molar-refractivity contribution is -0.0802. The van der Waals surface area contributed by atoms with E-state index in [-0.39, 0.29) is 17.9 Å². The maximum atomic E-state index is 10.7. The zero-order valence-corrected chi connectivity index (χ0v) is 19.6. The Labute approximate surface area is 183 Å². The summed E-state index contributed by atoms with van der Waals surface area (Å²) in [5.41, 5.74) is 1.49. The highest BCUT2D eigenvalue weighted by molar-refractivity contribution is 5.29. The highest BCUT2D eigenvalue weighted by Crippen LogP contribution is 2.67. The average molecular weight is 417 g/mol. The molecule has 9 atom stereocenters. The lowest BCUT2D eigenvalue weighted by atomic mass is 9.46. The van der Waals surface area contributed by atoms with Crippen LogP contribution in [0.25, 0.3) is 0 Å². The first kappa shape index (κ1) is 22.6. The van der Waals surface area contributed by atoms with Gasteiger partial charge in [-0.1, -0.05) is 45.9 Å². The van der Waals surface area contributed by atoms with Gasteiger partial charge in [0, 0.05) is 12.5 Å². The molecule has 0 aromatic rings. The third kappa shape index (κ3) is 3.53. The van der Waals surface area contributed by atoms with E-state index in [1.165, 1.54) is 25.7 Å². The van der Waals surface area contributed by atoms with Crippen molar-refractivity contribution < 1.29 is 15.3 Å². The Hall–Kier alpha value is -0.640. The maximum Gasteiger partial charge on any atom is 0.101 e. The van der Waals surface area contributed by atoms with Crippen LogP contribution in [0.1, 0.15) is 79.1 Å². The smallest absolute Gasteiger partial charge is 0.101 e. The molecule has 0 aromatic carbocycles. The van der Waals surface area contributed by atoms with E-state index >= 15 is 0 Å². The summed E-state index contributed by atoms with van der Waals surface area (Å²) in [5, 5.41) is 31.1. The first-order chi connectivity index (χ1) is 14.2. The van der Waals surface area contributed by atoms with Crippen LogP contribution in [0.3, 0.4) is 0 Å². The van der Waals surface area contributed by atoms with Gasteiger partial charge in [-0.3, -0.25) is 0 Å². The fourth-order valence-corrected chi connectivity index (χ4v) is 8.31. The predicted octanol–water partition coefficient (Wildman–Crippen LogP) is 5.11. The second-order valence-electron chi connectivity index (χ2n) is 11.9. The van der Waals surface area contributed by atoms with Crippen molar-refractivity contribution in [1.29, 1.82) is 0 Å².